The molecule has 202 valence electrons. The van der Waals surface area contributed by atoms with Crippen LogP contribution in [-0.4, -0.2) is 35.0 Å². The Morgan fingerprint density at radius 3 is 2.64 bits per heavy atom. The largest absolute Gasteiger partial charge is 0.490 e. The smallest absolute Gasteiger partial charge is 0.282 e. The molecular weight excluding hydrogens is 675 g/mol. The van der Waals surface area contributed by atoms with Crippen molar-refractivity contribution in [3.05, 3.63) is 90.4 Å². The number of hydrogen-bond acceptors (Lipinski definition) is 6. The molecule has 0 unspecified atom stereocenters. The number of hydrogen-bond donors (Lipinski definition) is 1. The SMILES string of the molecule is CCOc1cc(C=Nn2c([C@@H](C)CC)nc3ccc(Br)cc3c2=O)cc(I)c1OCC(=O)Nc1ccccc1. The van der Waals surface area contributed by atoms with Crippen LogP contribution in [0.3, 0.4) is 0 Å². The summed E-state index contributed by atoms with van der Waals surface area (Å²) in [4.78, 5) is 30.6. The van der Waals surface area contributed by atoms with E-state index in [1.807, 2.05) is 69.3 Å². The number of rotatable bonds is 10. The van der Waals surface area contributed by atoms with Crippen LogP contribution in [0.15, 0.2) is 75.0 Å². The molecule has 1 aromatic heterocycles. The molecule has 1 heterocycles. The van der Waals surface area contributed by atoms with Crippen LogP contribution in [0.4, 0.5) is 5.69 Å². The van der Waals surface area contributed by atoms with Gasteiger partial charge in [0.2, 0.25) is 0 Å². The van der Waals surface area contributed by atoms with Crippen molar-refractivity contribution in [3.63, 3.8) is 0 Å². The van der Waals surface area contributed by atoms with E-state index in [9.17, 15) is 9.59 Å². The molecule has 0 bridgehead atoms. The number of anilines is 1. The number of aromatic nitrogens is 2. The normalized spacial score (nSPS) is 12.0. The van der Waals surface area contributed by atoms with Crippen molar-refractivity contribution in [2.45, 2.75) is 33.1 Å². The van der Waals surface area contributed by atoms with Gasteiger partial charge in [0.05, 0.1) is 27.3 Å². The van der Waals surface area contributed by atoms with Gasteiger partial charge in [-0.25, -0.2) is 4.98 Å². The van der Waals surface area contributed by atoms with Gasteiger partial charge in [0.25, 0.3) is 11.5 Å². The zero-order valence-electron chi connectivity index (χ0n) is 21.8. The Labute approximate surface area is 248 Å². The lowest BCUT2D eigenvalue weighted by molar-refractivity contribution is -0.118. The molecule has 10 heteroatoms. The second-order valence-electron chi connectivity index (χ2n) is 8.77. The lowest BCUT2D eigenvalue weighted by Gasteiger charge is -2.15. The number of carbonyl (C=O) groups is 1. The minimum Gasteiger partial charge on any atom is -0.490 e. The average Bonchev–Trinajstić information content (AvgIpc) is 2.92. The van der Waals surface area contributed by atoms with Crippen molar-refractivity contribution in [2.24, 2.45) is 5.10 Å². The van der Waals surface area contributed by atoms with Crippen molar-refractivity contribution in [1.82, 2.24) is 9.66 Å². The molecule has 0 aliphatic carbocycles. The summed E-state index contributed by atoms with van der Waals surface area (Å²) in [5.74, 6) is 1.29. The summed E-state index contributed by atoms with van der Waals surface area (Å²) in [7, 11) is 0. The molecular formula is C29H28BrIN4O4. The van der Waals surface area contributed by atoms with Gasteiger partial charge in [-0.15, -0.1) is 0 Å². The highest BCUT2D eigenvalue weighted by atomic mass is 127. The Hall–Kier alpha value is -3.25. The number of fused-ring (bicyclic) bond motifs is 1. The molecule has 0 saturated carbocycles. The molecule has 0 fully saturated rings. The zero-order valence-corrected chi connectivity index (χ0v) is 25.5. The highest BCUT2D eigenvalue weighted by Crippen LogP contribution is 2.34. The lowest BCUT2D eigenvalue weighted by atomic mass is 10.1. The maximum atomic E-state index is 13.4. The van der Waals surface area contributed by atoms with Gasteiger partial charge >= 0.3 is 0 Å². The van der Waals surface area contributed by atoms with E-state index in [2.05, 4.69) is 48.9 Å². The predicted octanol–water partition coefficient (Wildman–Crippen LogP) is 6.58. The van der Waals surface area contributed by atoms with Crippen molar-refractivity contribution in [3.8, 4) is 11.5 Å². The molecule has 8 nitrogen and oxygen atoms in total. The van der Waals surface area contributed by atoms with Gasteiger partial charge in [0.1, 0.15) is 5.82 Å². The van der Waals surface area contributed by atoms with E-state index in [0.29, 0.717) is 46.1 Å². The molecule has 0 radical (unpaired) electrons. The summed E-state index contributed by atoms with van der Waals surface area (Å²) >= 11 is 5.57. The molecule has 1 atom stereocenters. The summed E-state index contributed by atoms with van der Waals surface area (Å²) < 4.78 is 14.6. The first-order valence-electron chi connectivity index (χ1n) is 12.5. The van der Waals surface area contributed by atoms with Crippen LogP contribution < -0.4 is 20.3 Å². The Bertz CT molecular complexity index is 1570. The van der Waals surface area contributed by atoms with Crippen molar-refractivity contribution >= 4 is 67.2 Å². The maximum Gasteiger partial charge on any atom is 0.282 e. The van der Waals surface area contributed by atoms with Crippen molar-refractivity contribution in [2.75, 3.05) is 18.5 Å². The summed E-state index contributed by atoms with van der Waals surface area (Å²) in [6.07, 6.45) is 2.41. The van der Waals surface area contributed by atoms with E-state index < -0.39 is 0 Å². The van der Waals surface area contributed by atoms with Crippen LogP contribution in [0, 0.1) is 3.57 Å². The second-order valence-corrected chi connectivity index (χ2v) is 10.8. The first-order chi connectivity index (χ1) is 18.8. The van der Waals surface area contributed by atoms with E-state index in [-0.39, 0.29) is 24.0 Å². The topological polar surface area (TPSA) is 94.8 Å². The Balaban J connectivity index is 1.64. The summed E-state index contributed by atoms with van der Waals surface area (Å²) in [5.41, 5.74) is 1.80. The number of nitrogens with zero attached hydrogens (tertiary/aromatic N) is 3. The number of nitrogens with one attached hydrogen (secondary N) is 1. The minimum absolute atomic E-state index is 0.0276. The second kappa shape index (κ2) is 13.2. The van der Waals surface area contributed by atoms with Crippen LogP contribution >= 0.6 is 38.5 Å². The predicted molar refractivity (Wildman–Crippen MR) is 166 cm³/mol. The van der Waals surface area contributed by atoms with Crippen LogP contribution in [-0.2, 0) is 4.79 Å². The average molecular weight is 703 g/mol. The van der Waals surface area contributed by atoms with Gasteiger partial charge in [-0.05, 0) is 84.0 Å². The summed E-state index contributed by atoms with van der Waals surface area (Å²) in [5, 5.41) is 7.84. The van der Waals surface area contributed by atoms with E-state index in [0.717, 1.165) is 14.5 Å². The molecule has 3 aromatic carbocycles. The Kier molecular flexibility index (Phi) is 9.73. The number of benzene rings is 3. The third-order valence-electron chi connectivity index (χ3n) is 5.95. The van der Waals surface area contributed by atoms with Gasteiger partial charge in [-0.3, -0.25) is 9.59 Å². The summed E-state index contributed by atoms with van der Waals surface area (Å²) in [6, 6.07) is 18.3. The first kappa shape index (κ1) is 28.8. The standard InChI is InChI=1S/C29H28BrIN4O4/c1-4-18(3)28-34-24-12-11-20(30)15-22(24)29(37)35(28)32-16-19-13-23(31)27(25(14-19)38-5-2)39-17-26(36)33-21-9-7-6-8-10-21/h6-16,18H,4-5,17H2,1-3H3,(H,33,36)/t18-/m0/s1. The highest BCUT2D eigenvalue weighted by Gasteiger charge is 2.17. The fourth-order valence-electron chi connectivity index (χ4n) is 3.83. The highest BCUT2D eigenvalue weighted by molar-refractivity contribution is 14.1. The fourth-order valence-corrected chi connectivity index (χ4v) is 4.97. The van der Waals surface area contributed by atoms with Gasteiger partial charge in [0, 0.05) is 16.1 Å². The Morgan fingerprint density at radius 1 is 1.15 bits per heavy atom. The van der Waals surface area contributed by atoms with Gasteiger partial charge in [0.15, 0.2) is 18.1 Å². The maximum absolute atomic E-state index is 13.4. The molecule has 0 saturated heterocycles. The number of halogens is 2. The zero-order chi connectivity index (χ0) is 27.9. The first-order valence-corrected chi connectivity index (χ1v) is 14.4. The summed E-state index contributed by atoms with van der Waals surface area (Å²) in [6.45, 7) is 6.17. The minimum atomic E-state index is -0.280. The molecule has 4 rings (SSSR count). The number of para-hydroxylation sites is 1. The Morgan fingerprint density at radius 2 is 1.92 bits per heavy atom. The van der Waals surface area contributed by atoms with Crippen LogP contribution in [0.1, 0.15) is 44.5 Å². The molecule has 0 aliphatic heterocycles. The van der Waals surface area contributed by atoms with E-state index >= 15 is 0 Å². The van der Waals surface area contributed by atoms with Crippen LogP contribution in [0.25, 0.3) is 10.9 Å². The van der Waals surface area contributed by atoms with E-state index in [1.165, 1.54) is 4.68 Å². The van der Waals surface area contributed by atoms with Gasteiger partial charge in [-0.1, -0.05) is 48.0 Å². The van der Waals surface area contributed by atoms with Crippen molar-refractivity contribution < 1.29 is 14.3 Å². The van der Waals surface area contributed by atoms with Crippen LogP contribution in [0.2, 0.25) is 0 Å². The third kappa shape index (κ3) is 7.04. The molecule has 39 heavy (non-hydrogen) atoms. The third-order valence-corrected chi connectivity index (χ3v) is 7.24. The van der Waals surface area contributed by atoms with E-state index in [4.69, 9.17) is 14.5 Å². The van der Waals surface area contributed by atoms with Gasteiger partial charge < -0.3 is 14.8 Å². The van der Waals surface area contributed by atoms with Crippen LogP contribution in [0.5, 0.6) is 11.5 Å². The molecule has 0 spiro atoms. The molecule has 0 aliphatic rings. The lowest BCUT2D eigenvalue weighted by Crippen LogP contribution is -2.23. The number of ether oxygens (including phenoxy) is 2. The number of amides is 1. The molecule has 1 N–H and O–H groups in total. The van der Waals surface area contributed by atoms with Gasteiger partial charge in [-0.2, -0.15) is 9.78 Å². The fraction of sp³-hybridized carbons (Fsp3) is 0.241. The quantitative estimate of drug-likeness (QED) is 0.149. The molecule has 1 amide bonds. The monoisotopic (exact) mass is 702 g/mol. The number of carbonyl (C=O) groups excluding carboxylic acids is 1. The van der Waals surface area contributed by atoms with Crippen molar-refractivity contribution in [1.29, 1.82) is 0 Å². The molecule has 4 aromatic rings. The van der Waals surface area contributed by atoms with E-state index in [1.54, 1.807) is 18.3 Å².